The number of benzene rings is 1. The fourth-order valence-corrected chi connectivity index (χ4v) is 5.85. The SMILES string of the molecule is CC[C@H](C)[C@H](NC(=O)C[C@H](N)[C@H](Cc1ccccc1)NC(=O)C(NC(=O)[C@H](CC(C)C)NC(=O)CC(C)C)C(C)(C)C)C(=O)NC(C(=O)OC)C(C)C. The molecule has 0 aliphatic heterocycles. The minimum absolute atomic E-state index is 0.0990. The van der Waals surface area contributed by atoms with E-state index in [0.717, 1.165) is 5.56 Å². The third-order valence-corrected chi connectivity index (χ3v) is 9.16. The molecule has 1 aromatic carbocycles. The van der Waals surface area contributed by atoms with Crippen LogP contribution in [0.3, 0.4) is 0 Å². The predicted molar refractivity (Wildman–Crippen MR) is 207 cm³/mol. The van der Waals surface area contributed by atoms with E-state index in [-0.39, 0.29) is 48.8 Å². The summed E-state index contributed by atoms with van der Waals surface area (Å²) in [6, 6.07) is 4.06. The molecule has 0 aliphatic rings. The second kappa shape index (κ2) is 22.3. The zero-order chi connectivity index (χ0) is 40.6. The van der Waals surface area contributed by atoms with Crippen LogP contribution in [0.4, 0.5) is 0 Å². The average molecular weight is 745 g/mol. The van der Waals surface area contributed by atoms with Gasteiger partial charge in [-0.3, -0.25) is 24.0 Å². The molecule has 0 aliphatic carbocycles. The maximum atomic E-state index is 14.1. The van der Waals surface area contributed by atoms with Gasteiger partial charge in [-0.25, -0.2) is 4.79 Å². The molecule has 53 heavy (non-hydrogen) atoms. The second-order valence-electron chi connectivity index (χ2n) is 16.5. The molecule has 1 rings (SSSR count). The maximum Gasteiger partial charge on any atom is 0.328 e. The number of rotatable bonds is 21. The Hall–Kier alpha value is -4.00. The van der Waals surface area contributed by atoms with Gasteiger partial charge in [-0.2, -0.15) is 0 Å². The first-order chi connectivity index (χ1) is 24.6. The highest BCUT2D eigenvalue weighted by atomic mass is 16.5. The van der Waals surface area contributed by atoms with Crippen LogP contribution in [0.2, 0.25) is 0 Å². The van der Waals surface area contributed by atoms with Crippen molar-refractivity contribution < 1.29 is 33.5 Å². The summed E-state index contributed by atoms with van der Waals surface area (Å²) >= 11 is 0. The monoisotopic (exact) mass is 745 g/mol. The average Bonchev–Trinajstić information content (AvgIpc) is 3.05. The molecule has 0 fully saturated rings. The summed E-state index contributed by atoms with van der Waals surface area (Å²) in [6.45, 7) is 20.5. The number of methoxy groups -OCH3 is 1. The lowest BCUT2D eigenvalue weighted by atomic mass is 9.85. The molecule has 1 aromatic rings. The van der Waals surface area contributed by atoms with Gasteiger partial charge >= 0.3 is 5.97 Å². The van der Waals surface area contributed by atoms with Crippen molar-refractivity contribution in [1.82, 2.24) is 26.6 Å². The molecule has 13 heteroatoms. The number of hydrogen-bond acceptors (Lipinski definition) is 8. The number of nitrogens with two attached hydrogens (primary N) is 1. The van der Waals surface area contributed by atoms with E-state index in [1.165, 1.54) is 7.11 Å². The van der Waals surface area contributed by atoms with Gasteiger partial charge in [0.15, 0.2) is 0 Å². The van der Waals surface area contributed by atoms with E-state index in [9.17, 15) is 28.8 Å². The number of hydrogen-bond donors (Lipinski definition) is 6. The van der Waals surface area contributed by atoms with Crippen molar-refractivity contribution in [2.75, 3.05) is 7.11 Å². The number of carbonyl (C=O) groups excluding carboxylic acids is 6. The zero-order valence-electron chi connectivity index (χ0n) is 34.1. The van der Waals surface area contributed by atoms with Crippen molar-refractivity contribution in [2.45, 2.75) is 145 Å². The Bertz CT molecular complexity index is 1340. The number of carbonyl (C=O) groups is 6. The molecule has 0 radical (unpaired) electrons. The molecule has 0 saturated carbocycles. The van der Waals surface area contributed by atoms with Crippen molar-refractivity contribution in [3.63, 3.8) is 0 Å². The Morgan fingerprint density at radius 1 is 0.717 bits per heavy atom. The van der Waals surface area contributed by atoms with Crippen LogP contribution in [-0.2, 0) is 39.9 Å². The first-order valence-corrected chi connectivity index (χ1v) is 19.0. The summed E-state index contributed by atoms with van der Waals surface area (Å²) in [4.78, 5) is 79.7. The third-order valence-electron chi connectivity index (χ3n) is 9.16. The lowest BCUT2D eigenvalue weighted by Crippen LogP contribution is -2.61. The molecule has 0 saturated heterocycles. The Balaban J connectivity index is 3.32. The summed E-state index contributed by atoms with van der Waals surface area (Å²) < 4.78 is 4.86. The standard InChI is InChI=1S/C40H68N6O7/c1-13-26(8)34(37(50)45-33(25(6)7)39(52)53-12)44-32(48)22-28(41)29(21-27-17-15-14-16-18-27)43-38(51)35(40(9,10)11)46-36(49)30(19-23(2)3)42-31(47)20-24(4)5/h14-18,23-26,28-30,33-35H,13,19-22,41H2,1-12H3,(H,42,47)(H,43,51)(H,44,48)(H,45,50)(H,46,49)/t26-,28-,29-,30-,33?,34-,35?/m0/s1. The van der Waals surface area contributed by atoms with Crippen LogP contribution in [0.5, 0.6) is 0 Å². The van der Waals surface area contributed by atoms with E-state index in [2.05, 4.69) is 26.6 Å². The van der Waals surface area contributed by atoms with E-state index in [1.54, 1.807) is 13.8 Å². The first-order valence-electron chi connectivity index (χ1n) is 19.0. The topological polar surface area (TPSA) is 198 Å². The second-order valence-corrected chi connectivity index (χ2v) is 16.5. The highest BCUT2D eigenvalue weighted by Crippen LogP contribution is 2.21. The fourth-order valence-electron chi connectivity index (χ4n) is 5.85. The molecule has 7 N–H and O–H groups in total. The molecule has 300 valence electrons. The van der Waals surface area contributed by atoms with Gasteiger partial charge in [-0.05, 0) is 47.5 Å². The number of ether oxygens (including phenoxy) is 1. The van der Waals surface area contributed by atoms with Crippen LogP contribution in [-0.4, -0.2) is 78.9 Å². The highest BCUT2D eigenvalue weighted by Gasteiger charge is 2.38. The van der Waals surface area contributed by atoms with Crippen molar-refractivity contribution in [1.29, 1.82) is 0 Å². The summed E-state index contributed by atoms with van der Waals surface area (Å²) in [6.07, 6.45) is 1.29. The number of nitrogens with one attached hydrogen (secondary N) is 5. The molecular formula is C40H68N6O7. The fraction of sp³-hybridized carbons (Fsp3) is 0.700. The van der Waals surface area contributed by atoms with E-state index in [0.29, 0.717) is 12.8 Å². The summed E-state index contributed by atoms with van der Waals surface area (Å²) in [5, 5.41) is 14.3. The molecular weight excluding hydrogens is 676 g/mol. The largest absolute Gasteiger partial charge is 0.467 e. The van der Waals surface area contributed by atoms with Crippen LogP contribution in [0.15, 0.2) is 30.3 Å². The van der Waals surface area contributed by atoms with Crippen LogP contribution in [0.25, 0.3) is 0 Å². The normalized spacial score (nSPS) is 15.7. The quantitative estimate of drug-likeness (QED) is 0.103. The Kier molecular flexibility index (Phi) is 19.8. The molecule has 2 unspecified atom stereocenters. The molecule has 7 atom stereocenters. The van der Waals surface area contributed by atoms with Crippen molar-refractivity contribution in [3.05, 3.63) is 35.9 Å². The smallest absolute Gasteiger partial charge is 0.328 e. The molecule has 0 spiro atoms. The van der Waals surface area contributed by atoms with Gasteiger partial charge in [0.25, 0.3) is 0 Å². The highest BCUT2D eigenvalue weighted by molar-refractivity contribution is 5.93. The molecule has 0 aromatic heterocycles. The minimum Gasteiger partial charge on any atom is -0.467 e. The van der Waals surface area contributed by atoms with Crippen LogP contribution in [0.1, 0.15) is 107 Å². The zero-order valence-corrected chi connectivity index (χ0v) is 34.1. The Morgan fingerprint density at radius 3 is 1.79 bits per heavy atom. The van der Waals surface area contributed by atoms with Gasteiger partial charge in [0, 0.05) is 24.9 Å². The van der Waals surface area contributed by atoms with Crippen molar-refractivity contribution in [2.24, 2.45) is 34.8 Å². The molecule has 0 heterocycles. The first kappa shape index (κ1) is 47.0. The van der Waals surface area contributed by atoms with Crippen LogP contribution >= 0.6 is 0 Å². The predicted octanol–water partition coefficient (Wildman–Crippen LogP) is 3.38. The number of esters is 1. The maximum absolute atomic E-state index is 14.1. The summed E-state index contributed by atoms with van der Waals surface area (Å²) in [7, 11) is 1.25. The van der Waals surface area contributed by atoms with Gasteiger partial charge in [-0.15, -0.1) is 0 Å². The van der Waals surface area contributed by atoms with Gasteiger partial charge in [0.1, 0.15) is 24.2 Å². The summed E-state index contributed by atoms with van der Waals surface area (Å²) in [5.41, 5.74) is 6.82. The minimum atomic E-state index is -1.01. The lowest BCUT2D eigenvalue weighted by Gasteiger charge is -2.34. The van der Waals surface area contributed by atoms with Crippen LogP contribution in [0, 0.1) is 29.1 Å². The molecule has 0 bridgehead atoms. The van der Waals surface area contributed by atoms with Gasteiger partial charge < -0.3 is 37.1 Å². The van der Waals surface area contributed by atoms with Gasteiger partial charge in [-0.1, -0.05) is 113 Å². The van der Waals surface area contributed by atoms with Gasteiger partial charge in [0.2, 0.25) is 29.5 Å². The lowest BCUT2D eigenvalue weighted by molar-refractivity contribution is -0.147. The molecule has 13 nitrogen and oxygen atoms in total. The van der Waals surface area contributed by atoms with E-state index in [4.69, 9.17) is 10.5 Å². The van der Waals surface area contributed by atoms with E-state index < -0.39 is 71.3 Å². The van der Waals surface area contributed by atoms with Crippen molar-refractivity contribution >= 4 is 35.5 Å². The third kappa shape index (κ3) is 16.7. The Labute approximate surface area is 317 Å². The number of amides is 5. The molecule has 5 amide bonds. The van der Waals surface area contributed by atoms with Crippen molar-refractivity contribution in [3.8, 4) is 0 Å². The van der Waals surface area contributed by atoms with Gasteiger partial charge in [0.05, 0.1) is 7.11 Å². The van der Waals surface area contributed by atoms with Crippen LogP contribution < -0.4 is 32.3 Å². The summed E-state index contributed by atoms with van der Waals surface area (Å²) in [5.74, 6) is -3.09. The van der Waals surface area contributed by atoms with E-state index in [1.807, 2.05) is 92.6 Å². The van der Waals surface area contributed by atoms with E-state index >= 15 is 0 Å². The Morgan fingerprint density at radius 2 is 1.30 bits per heavy atom.